The molecule has 3 aromatic rings. The fourth-order valence-corrected chi connectivity index (χ4v) is 4.04. The molecule has 176 valence electrons. The smallest absolute Gasteiger partial charge is 0.235 e. The van der Waals surface area contributed by atoms with Crippen molar-refractivity contribution in [2.75, 3.05) is 53.7 Å². The lowest BCUT2D eigenvalue weighted by Gasteiger charge is -2.26. The van der Waals surface area contributed by atoms with Crippen molar-refractivity contribution in [2.24, 2.45) is 0 Å². The second-order valence-corrected chi connectivity index (χ2v) is 8.02. The maximum atomic E-state index is 13.3. The van der Waals surface area contributed by atoms with Crippen LogP contribution < -0.4 is 19.6 Å². The minimum atomic E-state index is -0.171. The fourth-order valence-electron chi connectivity index (χ4n) is 4.04. The molecule has 2 heterocycles. The first-order valence-electron chi connectivity index (χ1n) is 11.4. The molecule has 2 aromatic carbocycles. The predicted octanol–water partition coefficient (Wildman–Crippen LogP) is 4.36. The number of nitrogens with zero attached hydrogens (tertiary/aromatic N) is 1. The van der Waals surface area contributed by atoms with Crippen LogP contribution in [0.25, 0.3) is 22.3 Å². The van der Waals surface area contributed by atoms with Gasteiger partial charge in [0.25, 0.3) is 0 Å². The van der Waals surface area contributed by atoms with E-state index in [1.165, 1.54) is 0 Å². The van der Waals surface area contributed by atoms with Crippen molar-refractivity contribution in [3.8, 4) is 28.6 Å². The molecular formula is C26H31NO6. The highest BCUT2D eigenvalue weighted by Crippen LogP contribution is 2.36. The summed E-state index contributed by atoms with van der Waals surface area (Å²) in [6, 6.07) is 12.6. The lowest BCUT2D eigenvalue weighted by Crippen LogP contribution is -2.36. The average Bonchev–Trinajstić information content (AvgIpc) is 2.87. The van der Waals surface area contributed by atoms with Gasteiger partial charge in [0, 0.05) is 18.7 Å². The van der Waals surface area contributed by atoms with E-state index in [4.69, 9.17) is 23.4 Å². The number of rotatable bonds is 10. The number of morpholine rings is 1. The SMILES string of the molecule is COc1ccc(-c2oc3ccccc3c(=O)c2OCCCCCN2CCOCC2)cc1OC. The standard InChI is InChI=1S/C26H31NO6/c1-29-22-11-10-19(18-23(22)30-2)25-26(24(28)20-8-4-5-9-21(20)33-25)32-15-7-3-6-12-27-13-16-31-17-14-27/h4-5,8-11,18H,3,6-7,12-17H2,1-2H3. The zero-order valence-electron chi connectivity index (χ0n) is 19.3. The Morgan fingerprint density at radius 1 is 0.939 bits per heavy atom. The molecule has 0 N–H and O–H groups in total. The van der Waals surface area contributed by atoms with Gasteiger partial charge in [-0.25, -0.2) is 0 Å². The topological polar surface area (TPSA) is 70.4 Å². The highest BCUT2D eigenvalue weighted by molar-refractivity contribution is 5.82. The molecule has 0 bridgehead atoms. The predicted molar refractivity (Wildman–Crippen MR) is 128 cm³/mol. The lowest BCUT2D eigenvalue weighted by atomic mass is 10.1. The van der Waals surface area contributed by atoms with Crippen molar-refractivity contribution in [3.05, 3.63) is 52.7 Å². The van der Waals surface area contributed by atoms with Crippen LogP contribution in [-0.2, 0) is 4.74 Å². The molecule has 33 heavy (non-hydrogen) atoms. The first kappa shape index (κ1) is 23.1. The third kappa shape index (κ3) is 5.49. The van der Waals surface area contributed by atoms with E-state index >= 15 is 0 Å². The van der Waals surface area contributed by atoms with E-state index in [1.54, 1.807) is 38.5 Å². The molecule has 7 heteroatoms. The molecule has 4 rings (SSSR count). The minimum Gasteiger partial charge on any atom is -0.493 e. The molecule has 0 saturated carbocycles. The number of hydrogen-bond acceptors (Lipinski definition) is 7. The van der Waals surface area contributed by atoms with Gasteiger partial charge >= 0.3 is 0 Å². The summed E-state index contributed by atoms with van der Waals surface area (Å²) >= 11 is 0. The van der Waals surface area contributed by atoms with Gasteiger partial charge in [0.05, 0.1) is 39.4 Å². The van der Waals surface area contributed by atoms with E-state index in [9.17, 15) is 4.79 Å². The summed E-state index contributed by atoms with van der Waals surface area (Å²) in [5, 5.41) is 0.504. The molecule has 0 spiro atoms. The molecule has 0 amide bonds. The summed E-state index contributed by atoms with van der Waals surface area (Å²) in [5.74, 6) is 1.79. The molecule has 1 aliphatic rings. The fraction of sp³-hybridized carbons (Fsp3) is 0.423. The summed E-state index contributed by atoms with van der Waals surface area (Å²) in [7, 11) is 3.16. The quantitative estimate of drug-likeness (QED) is 0.423. The first-order valence-corrected chi connectivity index (χ1v) is 11.4. The Bertz CT molecular complexity index is 1120. The molecule has 0 unspecified atom stereocenters. The number of ether oxygens (including phenoxy) is 4. The number of methoxy groups -OCH3 is 2. The number of para-hydroxylation sites is 1. The maximum Gasteiger partial charge on any atom is 0.235 e. The molecule has 0 radical (unpaired) electrons. The number of benzene rings is 2. The van der Waals surface area contributed by atoms with Crippen molar-refractivity contribution in [1.82, 2.24) is 4.90 Å². The van der Waals surface area contributed by atoms with Crippen LogP contribution in [0.15, 0.2) is 51.7 Å². The Kier molecular flexibility index (Phi) is 7.86. The van der Waals surface area contributed by atoms with Gasteiger partial charge in [-0.3, -0.25) is 9.69 Å². The van der Waals surface area contributed by atoms with E-state index < -0.39 is 0 Å². The van der Waals surface area contributed by atoms with Gasteiger partial charge in [-0.2, -0.15) is 0 Å². The zero-order chi connectivity index (χ0) is 23.0. The van der Waals surface area contributed by atoms with Crippen LogP contribution in [0.4, 0.5) is 0 Å². The number of fused-ring (bicyclic) bond motifs is 1. The molecule has 1 aromatic heterocycles. The van der Waals surface area contributed by atoms with Crippen molar-refractivity contribution in [3.63, 3.8) is 0 Å². The highest BCUT2D eigenvalue weighted by atomic mass is 16.5. The van der Waals surface area contributed by atoms with Crippen LogP contribution in [0.1, 0.15) is 19.3 Å². The summed E-state index contributed by atoms with van der Waals surface area (Å²) < 4.78 is 28.4. The Labute approximate surface area is 193 Å². The summed E-state index contributed by atoms with van der Waals surface area (Å²) in [6.07, 6.45) is 2.99. The Morgan fingerprint density at radius 3 is 2.52 bits per heavy atom. The highest BCUT2D eigenvalue weighted by Gasteiger charge is 2.19. The van der Waals surface area contributed by atoms with Crippen LogP contribution in [0.2, 0.25) is 0 Å². The van der Waals surface area contributed by atoms with Gasteiger partial charge in [-0.05, 0) is 56.1 Å². The monoisotopic (exact) mass is 453 g/mol. The molecule has 1 saturated heterocycles. The van der Waals surface area contributed by atoms with Crippen LogP contribution in [0.3, 0.4) is 0 Å². The third-order valence-electron chi connectivity index (χ3n) is 5.87. The van der Waals surface area contributed by atoms with Gasteiger partial charge < -0.3 is 23.4 Å². The van der Waals surface area contributed by atoms with E-state index in [0.717, 1.165) is 52.1 Å². The summed E-state index contributed by atoms with van der Waals surface area (Å²) in [6.45, 7) is 5.16. The van der Waals surface area contributed by atoms with Crippen LogP contribution in [0, 0.1) is 0 Å². The van der Waals surface area contributed by atoms with Crippen molar-refractivity contribution < 1.29 is 23.4 Å². The molecule has 1 fully saturated rings. The van der Waals surface area contributed by atoms with E-state index in [1.807, 2.05) is 18.2 Å². The number of hydrogen-bond donors (Lipinski definition) is 0. The van der Waals surface area contributed by atoms with Gasteiger partial charge in [-0.1, -0.05) is 12.1 Å². The second kappa shape index (κ2) is 11.2. The van der Waals surface area contributed by atoms with Gasteiger partial charge in [-0.15, -0.1) is 0 Å². The van der Waals surface area contributed by atoms with Crippen molar-refractivity contribution in [2.45, 2.75) is 19.3 Å². The van der Waals surface area contributed by atoms with Crippen molar-refractivity contribution in [1.29, 1.82) is 0 Å². The Hall–Kier alpha value is -3.03. The van der Waals surface area contributed by atoms with Gasteiger partial charge in [0.1, 0.15) is 5.58 Å². The van der Waals surface area contributed by atoms with Gasteiger partial charge in [0.2, 0.25) is 11.2 Å². The second-order valence-electron chi connectivity index (χ2n) is 8.02. The molecule has 0 aliphatic carbocycles. The maximum absolute atomic E-state index is 13.3. The first-order chi connectivity index (χ1) is 16.2. The summed E-state index contributed by atoms with van der Waals surface area (Å²) in [4.78, 5) is 15.7. The molecule has 0 atom stereocenters. The average molecular weight is 454 g/mol. The minimum absolute atomic E-state index is 0.171. The largest absolute Gasteiger partial charge is 0.493 e. The van der Waals surface area contributed by atoms with Crippen molar-refractivity contribution >= 4 is 11.0 Å². The van der Waals surface area contributed by atoms with Gasteiger partial charge in [0.15, 0.2) is 17.3 Å². The zero-order valence-corrected chi connectivity index (χ0v) is 19.3. The lowest BCUT2D eigenvalue weighted by molar-refractivity contribution is 0.0370. The van der Waals surface area contributed by atoms with E-state index in [2.05, 4.69) is 4.90 Å². The number of unbranched alkanes of at least 4 members (excludes halogenated alkanes) is 2. The summed E-state index contributed by atoms with van der Waals surface area (Å²) in [5.41, 5.74) is 1.04. The van der Waals surface area contributed by atoms with Crippen LogP contribution >= 0.6 is 0 Å². The molecular weight excluding hydrogens is 422 g/mol. The molecule has 7 nitrogen and oxygen atoms in total. The normalized spacial score (nSPS) is 14.4. The molecule has 1 aliphatic heterocycles. The Morgan fingerprint density at radius 2 is 1.73 bits per heavy atom. The van der Waals surface area contributed by atoms with Crippen LogP contribution in [0.5, 0.6) is 17.2 Å². The van der Waals surface area contributed by atoms with E-state index in [-0.39, 0.29) is 11.2 Å². The van der Waals surface area contributed by atoms with E-state index in [0.29, 0.717) is 40.4 Å². The third-order valence-corrected chi connectivity index (χ3v) is 5.87. The van der Waals surface area contributed by atoms with Crippen LogP contribution in [-0.4, -0.2) is 58.6 Å². The Balaban J connectivity index is 1.51.